The van der Waals surface area contributed by atoms with Crippen molar-refractivity contribution in [3.8, 4) is 16.8 Å². The van der Waals surface area contributed by atoms with Crippen molar-refractivity contribution < 1.29 is 13.2 Å². The number of nitrogens with zero attached hydrogens (tertiary/aromatic N) is 5. The number of rotatable bonds is 5. The monoisotopic (exact) mass is 503 g/mol. The Hall–Kier alpha value is -4.27. The summed E-state index contributed by atoms with van der Waals surface area (Å²) >= 11 is 0. The van der Waals surface area contributed by atoms with Gasteiger partial charge in [0.05, 0.1) is 22.8 Å². The Morgan fingerprint density at radius 2 is 1.78 bits per heavy atom. The van der Waals surface area contributed by atoms with Gasteiger partial charge in [0, 0.05) is 42.3 Å². The number of aryl methyl sites for hydroxylation is 2. The van der Waals surface area contributed by atoms with Crippen molar-refractivity contribution in [1.29, 1.82) is 0 Å². The normalized spacial score (nSPS) is 12.7. The van der Waals surface area contributed by atoms with E-state index in [1.54, 1.807) is 29.4 Å². The molecule has 0 aliphatic carbocycles. The van der Waals surface area contributed by atoms with Gasteiger partial charge in [-0.15, -0.1) is 0 Å². The molecule has 37 heavy (non-hydrogen) atoms. The molecular weight excluding hydrogens is 479 g/mol. The Kier molecular flexibility index (Phi) is 6.15. The van der Waals surface area contributed by atoms with Crippen molar-refractivity contribution in [2.45, 2.75) is 32.4 Å². The molecule has 3 aromatic heterocycles. The summed E-state index contributed by atoms with van der Waals surface area (Å²) in [6, 6.07) is 16.6. The second kappa shape index (κ2) is 9.31. The lowest BCUT2D eigenvalue weighted by Gasteiger charge is -2.22. The second-order valence-corrected chi connectivity index (χ2v) is 9.10. The van der Waals surface area contributed by atoms with Gasteiger partial charge in [-0.25, -0.2) is 9.97 Å². The molecule has 0 aliphatic rings. The van der Waals surface area contributed by atoms with Crippen LogP contribution in [0.5, 0.6) is 0 Å². The smallest absolute Gasteiger partial charge is 0.280 e. The number of pyridine rings is 1. The molecule has 5 aromatic rings. The van der Waals surface area contributed by atoms with E-state index in [1.807, 2.05) is 67.7 Å². The van der Waals surface area contributed by atoms with Crippen LogP contribution in [0.4, 0.5) is 13.2 Å². The van der Waals surface area contributed by atoms with Crippen molar-refractivity contribution in [2.24, 2.45) is 7.05 Å². The predicted octanol–water partition coefficient (Wildman–Crippen LogP) is 5.85. The van der Waals surface area contributed by atoms with E-state index in [4.69, 9.17) is 0 Å². The molecule has 0 bridgehead atoms. The SMILES string of the molecule is Cc1ncc(C(F)(F)F)c(C[C@@H](C)c2cc3cccc(-c4cnn(C)c4)c3c(=O)n2-c2ccccc2)n1. The van der Waals surface area contributed by atoms with Crippen LogP contribution in [-0.2, 0) is 19.6 Å². The van der Waals surface area contributed by atoms with Crippen molar-refractivity contribution in [2.75, 3.05) is 0 Å². The minimum absolute atomic E-state index is 0.0156. The van der Waals surface area contributed by atoms with Crippen LogP contribution >= 0.6 is 0 Å². The number of hydrogen-bond acceptors (Lipinski definition) is 4. The third-order valence-corrected chi connectivity index (χ3v) is 6.40. The number of halogens is 3. The van der Waals surface area contributed by atoms with Crippen LogP contribution in [-0.4, -0.2) is 24.3 Å². The van der Waals surface area contributed by atoms with Crippen LogP contribution in [0.1, 0.15) is 35.6 Å². The van der Waals surface area contributed by atoms with E-state index in [0.717, 1.165) is 17.3 Å². The highest BCUT2D eigenvalue weighted by Crippen LogP contribution is 2.34. The van der Waals surface area contributed by atoms with E-state index in [9.17, 15) is 18.0 Å². The topological polar surface area (TPSA) is 65.6 Å². The number of aromatic nitrogens is 5. The fourth-order valence-corrected chi connectivity index (χ4v) is 4.69. The first-order valence-corrected chi connectivity index (χ1v) is 11.8. The van der Waals surface area contributed by atoms with Gasteiger partial charge in [-0.2, -0.15) is 18.3 Å². The summed E-state index contributed by atoms with van der Waals surface area (Å²) in [5.74, 6) is -0.204. The quantitative estimate of drug-likeness (QED) is 0.302. The summed E-state index contributed by atoms with van der Waals surface area (Å²) < 4.78 is 44.4. The van der Waals surface area contributed by atoms with Gasteiger partial charge < -0.3 is 0 Å². The highest BCUT2D eigenvalue weighted by Gasteiger charge is 2.35. The average Bonchev–Trinajstić information content (AvgIpc) is 3.29. The molecule has 0 spiro atoms. The van der Waals surface area contributed by atoms with Crippen molar-refractivity contribution >= 4 is 10.8 Å². The summed E-state index contributed by atoms with van der Waals surface area (Å²) in [7, 11) is 1.81. The van der Waals surface area contributed by atoms with Gasteiger partial charge in [0.25, 0.3) is 5.56 Å². The highest BCUT2D eigenvalue weighted by molar-refractivity contribution is 5.96. The summed E-state index contributed by atoms with van der Waals surface area (Å²) in [6.45, 7) is 3.37. The van der Waals surface area contributed by atoms with Crippen LogP contribution in [0.2, 0.25) is 0 Å². The second-order valence-electron chi connectivity index (χ2n) is 9.10. The van der Waals surface area contributed by atoms with Gasteiger partial charge in [-0.1, -0.05) is 43.3 Å². The van der Waals surface area contributed by atoms with E-state index in [1.165, 1.54) is 0 Å². The average molecular weight is 504 g/mol. The number of para-hydroxylation sites is 1. The molecule has 0 saturated carbocycles. The van der Waals surface area contributed by atoms with E-state index >= 15 is 0 Å². The minimum atomic E-state index is -4.58. The Balaban J connectivity index is 1.73. The first kappa shape index (κ1) is 24.4. The third-order valence-electron chi connectivity index (χ3n) is 6.40. The van der Waals surface area contributed by atoms with E-state index in [-0.39, 0.29) is 23.5 Å². The fraction of sp³-hybridized carbons (Fsp3) is 0.214. The summed E-state index contributed by atoms with van der Waals surface area (Å²) in [4.78, 5) is 22.0. The molecule has 9 heteroatoms. The highest BCUT2D eigenvalue weighted by atomic mass is 19.4. The summed E-state index contributed by atoms with van der Waals surface area (Å²) in [5.41, 5.74) is 1.56. The van der Waals surface area contributed by atoms with Gasteiger partial charge in [0.1, 0.15) is 5.82 Å². The molecule has 6 nitrogen and oxygen atoms in total. The zero-order valence-corrected chi connectivity index (χ0v) is 20.5. The van der Waals surface area contributed by atoms with Crippen molar-refractivity contribution in [1.82, 2.24) is 24.3 Å². The molecule has 0 fully saturated rings. The maximum absolute atomic E-state index is 14.1. The molecular formula is C28H24F3N5O. The van der Waals surface area contributed by atoms with Gasteiger partial charge in [0.2, 0.25) is 0 Å². The lowest BCUT2D eigenvalue weighted by molar-refractivity contribution is -0.138. The van der Waals surface area contributed by atoms with Gasteiger partial charge in [-0.3, -0.25) is 14.0 Å². The van der Waals surface area contributed by atoms with Crippen LogP contribution in [0.3, 0.4) is 0 Å². The molecule has 0 saturated heterocycles. The van der Waals surface area contributed by atoms with Crippen LogP contribution < -0.4 is 5.56 Å². The van der Waals surface area contributed by atoms with Gasteiger partial charge in [-0.05, 0) is 42.5 Å². The Labute approximate surface area is 211 Å². The molecule has 0 aliphatic heterocycles. The first-order chi connectivity index (χ1) is 17.6. The van der Waals surface area contributed by atoms with Gasteiger partial charge in [0.15, 0.2) is 0 Å². The number of hydrogen-bond donors (Lipinski definition) is 0. The van der Waals surface area contributed by atoms with E-state index in [0.29, 0.717) is 22.2 Å². The van der Waals surface area contributed by atoms with Crippen molar-refractivity contribution in [3.05, 3.63) is 106 Å². The lowest BCUT2D eigenvalue weighted by atomic mass is 9.94. The summed E-state index contributed by atoms with van der Waals surface area (Å²) in [6.07, 6.45) is -0.223. The Morgan fingerprint density at radius 3 is 2.46 bits per heavy atom. The Morgan fingerprint density at radius 1 is 1.03 bits per heavy atom. The molecule has 2 aromatic carbocycles. The molecule has 3 heterocycles. The molecule has 0 radical (unpaired) electrons. The molecule has 0 amide bonds. The van der Waals surface area contributed by atoms with E-state index < -0.39 is 17.7 Å². The van der Waals surface area contributed by atoms with E-state index in [2.05, 4.69) is 15.1 Å². The van der Waals surface area contributed by atoms with Crippen LogP contribution in [0, 0.1) is 6.92 Å². The third kappa shape index (κ3) is 4.64. The number of fused-ring (bicyclic) bond motifs is 1. The molecule has 5 rings (SSSR count). The maximum atomic E-state index is 14.1. The molecule has 0 N–H and O–H groups in total. The summed E-state index contributed by atoms with van der Waals surface area (Å²) in [5, 5.41) is 5.46. The number of benzene rings is 2. The first-order valence-electron chi connectivity index (χ1n) is 11.8. The fourth-order valence-electron chi connectivity index (χ4n) is 4.69. The molecule has 0 unspecified atom stereocenters. The standard InChI is InChI=1S/C28H24F3N5O/c1-17(12-24-23(28(29,30)31)15-32-18(2)34-24)25-13-19-8-7-11-22(20-14-33-35(3)16-20)26(19)27(37)36(25)21-9-5-4-6-10-21/h4-11,13-17H,12H2,1-3H3/t17-/m1/s1. The van der Waals surface area contributed by atoms with Crippen LogP contribution in [0.25, 0.3) is 27.6 Å². The lowest BCUT2D eigenvalue weighted by Crippen LogP contribution is -2.25. The minimum Gasteiger partial charge on any atom is -0.280 e. The van der Waals surface area contributed by atoms with Crippen molar-refractivity contribution in [3.63, 3.8) is 0 Å². The number of alkyl halides is 3. The predicted molar refractivity (Wildman–Crippen MR) is 136 cm³/mol. The zero-order chi connectivity index (χ0) is 26.3. The molecule has 188 valence electrons. The molecule has 1 atom stereocenters. The maximum Gasteiger partial charge on any atom is 0.419 e. The van der Waals surface area contributed by atoms with Crippen LogP contribution in [0.15, 0.2) is 78.0 Å². The largest absolute Gasteiger partial charge is 0.419 e. The van der Waals surface area contributed by atoms with Gasteiger partial charge >= 0.3 is 6.18 Å². The zero-order valence-electron chi connectivity index (χ0n) is 20.5. The Bertz CT molecular complexity index is 1650.